The number of carboxylic acids is 1. The normalized spacial score (nSPS) is 14.4. The van der Waals surface area contributed by atoms with Gasteiger partial charge in [-0.2, -0.15) is 13.2 Å². The number of nitrogens with zero attached hydrogens (tertiary/aromatic N) is 3. The number of rotatable bonds is 5. The second-order valence-corrected chi connectivity index (χ2v) is 3.97. The highest BCUT2D eigenvalue weighted by molar-refractivity contribution is 5.86. The van der Waals surface area contributed by atoms with Gasteiger partial charge in [0.2, 0.25) is 5.54 Å². The Morgan fingerprint density at radius 3 is 2.50 bits per heavy atom. The number of hydrogen-bond acceptors (Lipinski definition) is 4. The van der Waals surface area contributed by atoms with E-state index in [0.29, 0.717) is 6.92 Å². The molecule has 1 aromatic heterocycles. The fourth-order valence-corrected chi connectivity index (χ4v) is 1.15. The van der Waals surface area contributed by atoms with Crippen LogP contribution in [0.15, 0.2) is 12.4 Å². The van der Waals surface area contributed by atoms with Crippen molar-refractivity contribution in [1.82, 2.24) is 25.6 Å². The summed E-state index contributed by atoms with van der Waals surface area (Å²) in [6.45, 7) is 0.512. The van der Waals surface area contributed by atoms with Crippen molar-refractivity contribution in [2.75, 3.05) is 6.54 Å². The predicted octanol–water partition coefficient (Wildman–Crippen LogP) is -0.0171. The molecule has 8 nitrogen and oxygen atoms in total. The maximum Gasteiger partial charge on any atom is 0.422 e. The Balaban J connectivity index is 2.53. The topological polar surface area (TPSA) is 109 Å². The Bertz CT molecular complexity index is 476. The number of halogens is 3. The molecule has 0 bridgehead atoms. The summed E-state index contributed by atoms with van der Waals surface area (Å²) < 4.78 is 39.2. The van der Waals surface area contributed by atoms with Gasteiger partial charge in [0.15, 0.2) is 0 Å². The molecule has 0 aliphatic carbocycles. The summed E-state index contributed by atoms with van der Waals surface area (Å²) in [5.74, 6) is -2.20. The maximum atomic E-state index is 12.6. The van der Waals surface area contributed by atoms with Gasteiger partial charge in [0, 0.05) is 12.7 Å². The molecule has 2 amide bonds. The predicted molar refractivity (Wildman–Crippen MR) is 58.7 cm³/mol. The lowest BCUT2D eigenvalue weighted by molar-refractivity contribution is -0.203. The molecule has 11 heteroatoms. The largest absolute Gasteiger partial charge is 0.479 e. The van der Waals surface area contributed by atoms with Crippen molar-refractivity contribution in [3.05, 3.63) is 12.4 Å². The molecule has 112 valence electrons. The van der Waals surface area contributed by atoms with E-state index in [1.807, 2.05) is 0 Å². The van der Waals surface area contributed by atoms with E-state index in [9.17, 15) is 22.8 Å². The van der Waals surface area contributed by atoms with Crippen LogP contribution in [0.4, 0.5) is 18.0 Å². The van der Waals surface area contributed by atoms with Gasteiger partial charge in [-0.25, -0.2) is 9.59 Å². The zero-order chi connectivity index (χ0) is 15.4. The first-order chi connectivity index (χ1) is 9.17. The molecule has 1 atom stereocenters. The molecule has 0 fully saturated rings. The first-order valence-corrected chi connectivity index (χ1v) is 5.37. The second-order valence-electron chi connectivity index (χ2n) is 3.97. The minimum absolute atomic E-state index is 0.0389. The fourth-order valence-electron chi connectivity index (χ4n) is 1.15. The molecule has 1 unspecified atom stereocenters. The fraction of sp³-hybridized carbons (Fsp3) is 0.556. The van der Waals surface area contributed by atoms with Crippen molar-refractivity contribution in [2.45, 2.75) is 25.2 Å². The van der Waals surface area contributed by atoms with Crippen molar-refractivity contribution in [3.63, 3.8) is 0 Å². The molecule has 1 rings (SSSR count). The van der Waals surface area contributed by atoms with Gasteiger partial charge in [0.05, 0.1) is 12.7 Å². The Kier molecular flexibility index (Phi) is 4.53. The maximum absolute atomic E-state index is 12.6. The smallest absolute Gasteiger partial charge is 0.422 e. The first-order valence-electron chi connectivity index (χ1n) is 5.37. The van der Waals surface area contributed by atoms with E-state index < -0.39 is 23.7 Å². The number of carboxylic acid groups (broad SMARTS) is 1. The molecule has 0 radical (unpaired) electrons. The Morgan fingerprint density at radius 2 is 2.05 bits per heavy atom. The number of carbonyl (C=O) groups is 2. The van der Waals surface area contributed by atoms with Crippen LogP contribution in [-0.2, 0) is 11.3 Å². The summed E-state index contributed by atoms with van der Waals surface area (Å²) in [5, 5.41) is 19.2. The quantitative estimate of drug-likeness (QED) is 0.707. The standard InChI is InChI=1S/C9H12F3N5O3/c1-8(6(18)19,9(10,11)12)15-7(20)13-2-4-17-5-3-14-16-17/h3,5H,2,4H2,1H3,(H,18,19)(H2,13,15,20). The summed E-state index contributed by atoms with van der Waals surface area (Å²) >= 11 is 0. The Labute approximate surface area is 110 Å². The number of aromatic nitrogens is 3. The molecule has 0 aliphatic heterocycles. The van der Waals surface area contributed by atoms with Gasteiger partial charge in [-0.05, 0) is 6.92 Å². The number of alkyl halides is 3. The van der Waals surface area contributed by atoms with Crippen LogP contribution >= 0.6 is 0 Å². The minimum Gasteiger partial charge on any atom is -0.479 e. The average Bonchev–Trinajstić information content (AvgIpc) is 2.80. The zero-order valence-corrected chi connectivity index (χ0v) is 10.3. The molecule has 0 saturated heterocycles. The summed E-state index contributed by atoms with van der Waals surface area (Å²) in [4.78, 5) is 22.0. The Hall–Kier alpha value is -2.33. The lowest BCUT2D eigenvalue weighted by atomic mass is 10.0. The SMILES string of the molecule is CC(NC(=O)NCCn1ccnn1)(C(=O)O)C(F)(F)F. The molecule has 0 saturated carbocycles. The van der Waals surface area contributed by atoms with Crippen LogP contribution in [0.3, 0.4) is 0 Å². The van der Waals surface area contributed by atoms with Crippen LogP contribution in [-0.4, -0.2) is 50.4 Å². The van der Waals surface area contributed by atoms with Crippen molar-refractivity contribution in [3.8, 4) is 0 Å². The van der Waals surface area contributed by atoms with Crippen molar-refractivity contribution >= 4 is 12.0 Å². The van der Waals surface area contributed by atoms with E-state index >= 15 is 0 Å². The lowest BCUT2D eigenvalue weighted by Gasteiger charge is -2.28. The van der Waals surface area contributed by atoms with Gasteiger partial charge >= 0.3 is 18.2 Å². The summed E-state index contributed by atoms with van der Waals surface area (Å²) in [5.41, 5.74) is -3.36. The second kappa shape index (κ2) is 5.75. The van der Waals surface area contributed by atoms with E-state index in [2.05, 4.69) is 15.6 Å². The van der Waals surface area contributed by atoms with E-state index in [1.54, 1.807) is 0 Å². The molecule has 20 heavy (non-hydrogen) atoms. The van der Waals surface area contributed by atoms with E-state index in [1.165, 1.54) is 22.4 Å². The third-order valence-electron chi connectivity index (χ3n) is 2.46. The van der Waals surface area contributed by atoms with Crippen LogP contribution in [0.5, 0.6) is 0 Å². The van der Waals surface area contributed by atoms with Crippen LogP contribution in [0.25, 0.3) is 0 Å². The molecule has 3 N–H and O–H groups in total. The first kappa shape index (κ1) is 15.7. The number of carbonyl (C=O) groups excluding carboxylic acids is 1. The number of urea groups is 1. The summed E-state index contributed by atoms with van der Waals surface area (Å²) in [6.07, 6.45) is -2.23. The molecule has 0 aliphatic rings. The van der Waals surface area contributed by atoms with Gasteiger partial charge in [-0.1, -0.05) is 5.21 Å². The van der Waals surface area contributed by atoms with E-state index in [4.69, 9.17) is 5.11 Å². The lowest BCUT2D eigenvalue weighted by Crippen LogP contribution is -2.63. The monoisotopic (exact) mass is 295 g/mol. The highest BCUT2D eigenvalue weighted by Crippen LogP contribution is 2.30. The highest BCUT2D eigenvalue weighted by Gasteiger charge is 2.58. The third kappa shape index (κ3) is 3.59. The van der Waals surface area contributed by atoms with E-state index in [0.717, 1.165) is 0 Å². The molecule has 1 heterocycles. The van der Waals surface area contributed by atoms with Gasteiger partial charge in [-0.15, -0.1) is 5.10 Å². The number of nitrogens with one attached hydrogen (secondary N) is 2. The van der Waals surface area contributed by atoms with Gasteiger partial charge in [0.1, 0.15) is 0 Å². The summed E-state index contributed by atoms with van der Waals surface area (Å²) in [7, 11) is 0. The van der Waals surface area contributed by atoms with Gasteiger partial charge in [-0.3, -0.25) is 4.68 Å². The van der Waals surface area contributed by atoms with Crippen LogP contribution in [0.2, 0.25) is 0 Å². The van der Waals surface area contributed by atoms with E-state index in [-0.39, 0.29) is 13.1 Å². The Morgan fingerprint density at radius 1 is 1.40 bits per heavy atom. The third-order valence-corrected chi connectivity index (χ3v) is 2.46. The highest BCUT2D eigenvalue weighted by atomic mass is 19.4. The molecule has 0 aromatic carbocycles. The number of amides is 2. The van der Waals surface area contributed by atoms with Crippen LogP contribution in [0, 0.1) is 0 Å². The van der Waals surface area contributed by atoms with Crippen molar-refractivity contribution in [1.29, 1.82) is 0 Å². The van der Waals surface area contributed by atoms with Crippen LogP contribution in [0.1, 0.15) is 6.92 Å². The zero-order valence-electron chi connectivity index (χ0n) is 10.3. The van der Waals surface area contributed by atoms with Gasteiger partial charge in [0.25, 0.3) is 0 Å². The van der Waals surface area contributed by atoms with Gasteiger partial charge < -0.3 is 15.7 Å². The molecular weight excluding hydrogens is 283 g/mol. The molecule has 0 spiro atoms. The molecular formula is C9H12F3N5O3. The summed E-state index contributed by atoms with van der Waals surface area (Å²) in [6, 6.07) is -1.24. The van der Waals surface area contributed by atoms with Crippen molar-refractivity contribution in [2.24, 2.45) is 0 Å². The van der Waals surface area contributed by atoms with Crippen molar-refractivity contribution < 1.29 is 27.9 Å². The minimum atomic E-state index is -5.12. The number of aliphatic carboxylic acids is 1. The number of hydrogen-bond donors (Lipinski definition) is 3. The van der Waals surface area contributed by atoms with Crippen LogP contribution < -0.4 is 10.6 Å². The molecule has 1 aromatic rings. The average molecular weight is 295 g/mol.